The van der Waals surface area contributed by atoms with Crippen molar-refractivity contribution in [2.24, 2.45) is 16.9 Å². The van der Waals surface area contributed by atoms with Gasteiger partial charge in [0.25, 0.3) is 0 Å². The van der Waals surface area contributed by atoms with Gasteiger partial charge in [-0.2, -0.15) is 5.10 Å². The Morgan fingerprint density at radius 1 is 0.905 bits per heavy atom. The molecule has 3 amide bonds. The van der Waals surface area contributed by atoms with Gasteiger partial charge in [0.2, 0.25) is 17.7 Å². The number of imide groups is 1. The van der Waals surface area contributed by atoms with Gasteiger partial charge >= 0.3 is 0 Å². The Kier molecular flexibility index (Phi) is 6.21. The molecule has 1 saturated heterocycles. The number of rotatable bonds is 6. The van der Waals surface area contributed by atoms with E-state index in [4.69, 9.17) is 16.3 Å². The van der Waals surface area contributed by atoms with Crippen molar-refractivity contribution in [2.45, 2.75) is 17.8 Å². The van der Waals surface area contributed by atoms with E-state index in [1.165, 1.54) is 12.0 Å². The molecule has 0 saturated carbocycles. The lowest BCUT2D eigenvalue weighted by Gasteiger charge is -2.52. The number of ether oxygens (including phenoxy) is 1. The average molecular weight is 576 g/mol. The van der Waals surface area contributed by atoms with Crippen LogP contribution in [0, 0.1) is 11.8 Å². The third-order valence-corrected chi connectivity index (χ3v) is 9.00. The highest BCUT2D eigenvalue weighted by Crippen LogP contribution is 2.63. The zero-order valence-corrected chi connectivity index (χ0v) is 23.4. The van der Waals surface area contributed by atoms with Crippen LogP contribution in [-0.4, -0.2) is 31.0 Å². The largest absolute Gasteiger partial charge is 0.495 e. The summed E-state index contributed by atoms with van der Waals surface area (Å²) in [7, 11) is 1.52. The molecule has 2 unspecified atom stereocenters. The molecule has 0 aromatic heterocycles. The highest BCUT2D eigenvalue weighted by molar-refractivity contribution is 6.30. The van der Waals surface area contributed by atoms with Crippen LogP contribution in [0.4, 0.5) is 5.69 Å². The molecule has 42 heavy (non-hydrogen) atoms. The van der Waals surface area contributed by atoms with Crippen molar-refractivity contribution in [3.63, 3.8) is 0 Å². The number of carbonyl (C=O) groups excluding carboxylic acids is 3. The Hall–Kier alpha value is -4.75. The molecular formula is C34H26ClN3O4. The van der Waals surface area contributed by atoms with Crippen molar-refractivity contribution in [2.75, 3.05) is 12.0 Å². The molecule has 4 aliphatic rings. The SMILES string of the molecule is COc1ccccc1N1C(=O)C2C3c4ccccc4C(C=NNC(=O)Cc4ccc(Cl)cc4)(c4ccccc43)C2C1=O. The molecule has 1 heterocycles. The van der Waals surface area contributed by atoms with Crippen LogP contribution in [0.5, 0.6) is 5.75 Å². The van der Waals surface area contributed by atoms with Gasteiger partial charge in [-0.1, -0.05) is 84.4 Å². The van der Waals surface area contributed by atoms with Crippen molar-refractivity contribution in [3.05, 3.63) is 130 Å². The highest BCUT2D eigenvalue weighted by atomic mass is 35.5. The topological polar surface area (TPSA) is 88.1 Å². The number of hydrogen-bond donors (Lipinski definition) is 1. The summed E-state index contributed by atoms with van der Waals surface area (Å²) in [6.45, 7) is 0. The molecule has 208 valence electrons. The lowest BCUT2D eigenvalue weighted by atomic mass is 9.47. The summed E-state index contributed by atoms with van der Waals surface area (Å²) < 4.78 is 5.55. The molecule has 2 bridgehead atoms. The van der Waals surface area contributed by atoms with Crippen LogP contribution in [-0.2, 0) is 26.2 Å². The minimum absolute atomic E-state index is 0.113. The fourth-order valence-electron chi connectivity index (χ4n) is 7.13. The maximum atomic E-state index is 14.5. The first-order valence-electron chi connectivity index (χ1n) is 13.7. The quantitative estimate of drug-likeness (QED) is 0.193. The summed E-state index contributed by atoms with van der Waals surface area (Å²) in [5, 5.41) is 5.06. The molecule has 1 N–H and O–H groups in total. The van der Waals surface area contributed by atoms with Gasteiger partial charge in [-0.05, 0) is 52.1 Å². The molecule has 3 aliphatic carbocycles. The molecule has 1 fully saturated rings. The maximum Gasteiger partial charge on any atom is 0.244 e. The summed E-state index contributed by atoms with van der Waals surface area (Å²) >= 11 is 5.98. The minimum atomic E-state index is -1.08. The predicted octanol–water partition coefficient (Wildman–Crippen LogP) is 5.24. The first-order valence-corrected chi connectivity index (χ1v) is 14.1. The van der Waals surface area contributed by atoms with Gasteiger partial charge in [0.15, 0.2) is 0 Å². The summed E-state index contributed by atoms with van der Waals surface area (Å²) in [5.41, 5.74) is 6.59. The molecule has 0 spiro atoms. The van der Waals surface area contributed by atoms with Crippen LogP contribution in [0.15, 0.2) is 102 Å². The van der Waals surface area contributed by atoms with Crippen molar-refractivity contribution in [3.8, 4) is 5.75 Å². The Balaban J connectivity index is 1.35. The molecule has 4 aromatic carbocycles. The van der Waals surface area contributed by atoms with E-state index in [0.29, 0.717) is 16.5 Å². The predicted molar refractivity (Wildman–Crippen MR) is 160 cm³/mol. The van der Waals surface area contributed by atoms with E-state index in [-0.39, 0.29) is 30.1 Å². The van der Waals surface area contributed by atoms with Crippen LogP contribution < -0.4 is 15.1 Å². The second kappa shape index (κ2) is 9.96. The Labute approximate surface area is 247 Å². The van der Waals surface area contributed by atoms with E-state index in [9.17, 15) is 14.4 Å². The number of benzene rings is 4. The second-order valence-electron chi connectivity index (χ2n) is 10.8. The molecular weight excluding hydrogens is 550 g/mol. The van der Waals surface area contributed by atoms with E-state index in [0.717, 1.165) is 27.8 Å². The normalized spacial score (nSPS) is 23.5. The maximum absolute atomic E-state index is 14.5. The number of nitrogens with one attached hydrogen (secondary N) is 1. The van der Waals surface area contributed by atoms with E-state index >= 15 is 0 Å². The third-order valence-electron chi connectivity index (χ3n) is 8.75. The summed E-state index contributed by atoms with van der Waals surface area (Å²) in [6, 6.07) is 29.9. The van der Waals surface area contributed by atoms with Gasteiger partial charge in [0.1, 0.15) is 5.75 Å². The number of para-hydroxylation sites is 2. The van der Waals surface area contributed by atoms with Crippen LogP contribution in [0.1, 0.15) is 33.7 Å². The monoisotopic (exact) mass is 575 g/mol. The fourth-order valence-corrected chi connectivity index (χ4v) is 7.26. The number of anilines is 1. The van der Waals surface area contributed by atoms with E-state index < -0.39 is 17.3 Å². The number of methoxy groups -OCH3 is 1. The Bertz CT molecular complexity index is 1740. The zero-order chi connectivity index (χ0) is 29.0. The zero-order valence-electron chi connectivity index (χ0n) is 22.7. The smallest absolute Gasteiger partial charge is 0.244 e. The van der Waals surface area contributed by atoms with Gasteiger partial charge in [-0.15, -0.1) is 0 Å². The number of nitrogens with zero attached hydrogens (tertiary/aromatic N) is 2. The van der Waals surface area contributed by atoms with Gasteiger partial charge in [0.05, 0.1) is 36.5 Å². The Morgan fingerprint density at radius 3 is 2.19 bits per heavy atom. The third kappa shape index (κ3) is 3.73. The number of hydrogen-bond acceptors (Lipinski definition) is 5. The van der Waals surface area contributed by atoms with Gasteiger partial charge in [-0.3, -0.25) is 14.4 Å². The minimum Gasteiger partial charge on any atom is -0.495 e. The molecule has 8 rings (SSSR count). The molecule has 8 heteroatoms. The number of hydrazone groups is 1. The van der Waals surface area contributed by atoms with Crippen molar-refractivity contribution >= 4 is 41.2 Å². The number of carbonyl (C=O) groups is 3. The van der Waals surface area contributed by atoms with Crippen LogP contribution in [0.2, 0.25) is 5.02 Å². The lowest BCUT2D eigenvalue weighted by molar-refractivity contribution is -0.123. The highest BCUT2D eigenvalue weighted by Gasteiger charge is 2.68. The molecule has 1 aliphatic heterocycles. The standard InChI is InChI=1S/C34H26ClN3O4/c1-42-27-13-7-6-12-26(27)38-32(40)30-29-22-8-2-4-10-24(22)34(31(30)33(38)41,25-11-5-3-9-23(25)29)19-36-37-28(39)18-20-14-16-21(35)17-15-20/h2-17,19,29-31H,18H2,1H3,(H,37,39). The molecule has 2 atom stereocenters. The molecule has 7 nitrogen and oxygen atoms in total. The number of amides is 3. The fraction of sp³-hybridized carbons (Fsp3) is 0.176. The second-order valence-corrected chi connectivity index (χ2v) is 11.2. The van der Waals surface area contributed by atoms with E-state index in [1.807, 2.05) is 48.5 Å². The average Bonchev–Trinajstić information content (AvgIpc) is 3.28. The van der Waals surface area contributed by atoms with Crippen molar-refractivity contribution < 1.29 is 19.1 Å². The van der Waals surface area contributed by atoms with Gasteiger partial charge in [0, 0.05) is 17.2 Å². The van der Waals surface area contributed by atoms with E-state index in [1.54, 1.807) is 54.7 Å². The molecule has 0 radical (unpaired) electrons. The Morgan fingerprint density at radius 2 is 1.52 bits per heavy atom. The van der Waals surface area contributed by atoms with Crippen LogP contribution >= 0.6 is 11.6 Å². The summed E-state index contributed by atoms with van der Waals surface area (Å²) in [6.07, 6.45) is 1.77. The van der Waals surface area contributed by atoms with Gasteiger partial charge < -0.3 is 4.74 Å². The lowest BCUT2D eigenvalue weighted by Crippen LogP contribution is -2.54. The summed E-state index contributed by atoms with van der Waals surface area (Å²) in [5.74, 6) is -2.16. The first kappa shape index (κ1) is 26.2. The van der Waals surface area contributed by atoms with E-state index in [2.05, 4.69) is 10.5 Å². The van der Waals surface area contributed by atoms with Gasteiger partial charge in [-0.25, -0.2) is 10.3 Å². The first-order chi connectivity index (χ1) is 20.5. The van der Waals surface area contributed by atoms with Crippen LogP contribution in [0.3, 0.4) is 0 Å². The summed E-state index contributed by atoms with van der Waals surface area (Å²) in [4.78, 5) is 43.0. The van der Waals surface area contributed by atoms with Crippen molar-refractivity contribution in [1.29, 1.82) is 0 Å². The van der Waals surface area contributed by atoms with Crippen LogP contribution in [0.25, 0.3) is 0 Å². The number of halogens is 1. The van der Waals surface area contributed by atoms with Crippen molar-refractivity contribution in [1.82, 2.24) is 5.43 Å². The molecule has 4 aromatic rings.